The van der Waals surface area contributed by atoms with E-state index in [2.05, 4.69) is 21.9 Å². The van der Waals surface area contributed by atoms with Crippen molar-refractivity contribution in [2.24, 2.45) is 0 Å². The van der Waals surface area contributed by atoms with E-state index >= 15 is 0 Å². The molecule has 0 aliphatic heterocycles. The van der Waals surface area contributed by atoms with Crippen LogP contribution in [0.3, 0.4) is 0 Å². The molecule has 3 aromatic carbocycles. The van der Waals surface area contributed by atoms with Crippen LogP contribution in [0.2, 0.25) is 0 Å². The zero-order valence-electron chi connectivity index (χ0n) is 17.5. The van der Waals surface area contributed by atoms with Gasteiger partial charge in [-0.25, -0.2) is 13.1 Å². The molecule has 1 amide bonds. The van der Waals surface area contributed by atoms with Crippen LogP contribution >= 0.6 is 0 Å². The summed E-state index contributed by atoms with van der Waals surface area (Å²) in [6, 6.07) is 19.4. The van der Waals surface area contributed by atoms with Crippen molar-refractivity contribution in [3.8, 4) is 0 Å². The largest absolute Gasteiger partial charge is 0.350 e. The van der Waals surface area contributed by atoms with Crippen LogP contribution in [0.4, 0.5) is 22.7 Å². The van der Waals surface area contributed by atoms with Crippen molar-refractivity contribution in [3.05, 3.63) is 107 Å². The lowest BCUT2D eigenvalue weighted by atomic mass is 10.1. The van der Waals surface area contributed by atoms with Gasteiger partial charge in [-0.3, -0.25) is 14.9 Å². The van der Waals surface area contributed by atoms with Crippen LogP contribution in [0, 0.1) is 10.1 Å². The van der Waals surface area contributed by atoms with Crippen molar-refractivity contribution >= 4 is 38.7 Å². The van der Waals surface area contributed by atoms with Crippen molar-refractivity contribution in [2.75, 3.05) is 17.2 Å². The van der Waals surface area contributed by atoms with E-state index in [-0.39, 0.29) is 29.2 Å². The monoisotopic (exact) mass is 466 g/mol. The first-order chi connectivity index (χ1) is 15.8. The molecular weight excluding hydrogens is 444 g/mol. The Kier molecular flexibility index (Phi) is 7.54. The van der Waals surface area contributed by atoms with Crippen LogP contribution in [0.5, 0.6) is 0 Å². The number of nitrogens with zero attached hydrogens (tertiary/aromatic N) is 1. The van der Waals surface area contributed by atoms with Crippen molar-refractivity contribution in [3.63, 3.8) is 0 Å². The fourth-order valence-corrected chi connectivity index (χ4v) is 4.06. The van der Waals surface area contributed by atoms with Gasteiger partial charge in [0.25, 0.3) is 11.6 Å². The summed E-state index contributed by atoms with van der Waals surface area (Å²) in [6.07, 6.45) is 1.45. The summed E-state index contributed by atoms with van der Waals surface area (Å²) in [5.41, 5.74) is 1.78. The second kappa shape index (κ2) is 10.5. The maximum atomic E-state index is 12.6. The maximum Gasteiger partial charge on any atom is 0.293 e. The molecule has 0 spiro atoms. The van der Waals surface area contributed by atoms with Crippen LogP contribution in [-0.4, -0.2) is 25.8 Å². The van der Waals surface area contributed by atoms with Crippen LogP contribution in [-0.2, 0) is 15.8 Å². The highest BCUT2D eigenvalue weighted by Gasteiger charge is 2.18. The van der Waals surface area contributed by atoms with Crippen molar-refractivity contribution in [1.29, 1.82) is 0 Å². The Morgan fingerprint density at radius 2 is 1.70 bits per heavy atom. The van der Waals surface area contributed by atoms with E-state index in [9.17, 15) is 23.3 Å². The van der Waals surface area contributed by atoms with Gasteiger partial charge in [-0.05, 0) is 42.0 Å². The Morgan fingerprint density at radius 3 is 2.33 bits per heavy atom. The number of nitro groups is 1. The van der Waals surface area contributed by atoms with Gasteiger partial charge in [0.1, 0.15) is 5.69 Å². The van der Waals surface area contributed by atoms with Gasteiger partial charge >= 0.3 is 0 Å². The zero-order chi connectivity index (χ0) is 23.8. The number of hydrogen-bond donors (Lipinski definition) is 3. The smallest absolute Gasteiger partial charge is 0.293 e. The topological polar surface area (TPSA) is 130 Å². The normalized spacial score (nSPS) is 10.9. The molecule has 33 heavy (non-hydrogen) atoms. The first-order valence-corrected chi connectivity index (χ1v) is 11.5. The quantitative estimate of drug-likeness (QED) is 0.233. The third-order valence-electron chi connectivity index (χ3n) is 4.53. The van der Waals surface area contributed by atoms with Crippen molar-refractivity contribution in [2.45, 2.75) is 5.75 Å². The van der Waals surface area contributed by atoms with Gasteiger partial charge < -0.3 is 10.6 Å². The number of sulfonamides is 1. The number of amides is 1. The van der Waals surface area contributed by atoms with E-state index in [1.807, 2.05) is 6.07 Å². The molecule has 3 N–H and O–H groups in total. The Labute approximate surface area is 191 Å². The minimum absolute atomic E-state index is 0.112. The number of nitrogens with one attached hydrogen (secondary N) is 3. The average Bonchev–Trinajstić information content (AvgIpc) is 2.79. The molecule has 0 aliphatic rings. The second-order valence-corrected chi connectivity index (χ2v) is 8.83. The lowest BCUT2D eigenvalue weighted by molar-refractivity contribution is -0.383. The summed E-state index contributed by atoms with van der Waals surface area (Å²) in [7, 11) is -3.49. The molecule has 0 saturated heterocycles. The molecule has 0 bridgehead atoms. The highest BCUT2D eigenvalue weighted by Crippen LogP contribution is 2.29. The molecule has 10 heteroatoms. The van der Waals surface area contributed by atoms with E-state index in [0.29, 0.717) is 16.9 Å². The third kappa shape index (κ3) is 6.73. The fraction of sp³-hybridized carbons (Fsp3) is 0.0870. The van der Waals surface area contributed by atoms with Gasteiger partial charge in [-0.15, -0.1) is 6.58 Å². The van der Waals surface area contributed by atoms with E-state index in [0.717, 1.165) is 0 Å². The first kappa shape index (κ1) is 23.6. The second-order valence-electron chi connectivity index (χ2n) is 7.03. The molecule has 3 rings (SSSR count). The fourth-order valence-electron chi connectivity index (χ4n) is 2.95. The third-order valence-corrected chi connectivity index (χ3v) is 5.85. The molecule has 0 aliphatic carbocycles. The van der Waals surface area contributed by atoms with Crippen LogP contribution < -0.4 is 15.4 Å². The standard InChI is InChI=1S/C23H22N4O5S/c1-2-14-24-33(31,32)16-17-8-11-20(12-9-17)26-23(28)18-10-13-21(22(15-18)27(29)30)25-19-6-4-3-5-7-19/h2-13,15,24-25H,1,14,16H2,(H,26,28). The van der Waals surface area contributed by atoms with Crippen molar-refractivity contribution in [1.82, 2.24) is 4.72 Å². The highest BCUT2D eigenvalue weighted by atomic mass is 32.2. The SMILES string of the molecule is C=CCNS(=O)(=O)Cc1ccc(NC(=O)c2ccc(Nc3ccccc3)c([N+](=O)[O-])c2)cc1. The summed E-state index contributed by atoms with van der Waals surface area (Å²) < 4.78 is 26.3. The summed E-state index contributed by atoms with van der Waals surface area (Å²) in [6.45, 7) is 3.61. The summed E-state index contributed by atoms with van der Waals surface area (Å²) in [4.78, 5) is 23.6. The Balaban J connectivity index is 1.71. The number of carbonyl (C=O) groups is 1. The molecule has 0 atom stereocenters. The molecule has 3 aromatic rings. The van der Waals surface area contributed by atoms with Gasteiger partial charge in [-0.2, -0.15) is 0 Å². The Morgan fingerprint density at radius 1 is 1.00 bits per heavy atom. The summed E-state index contributed by atoms with van der Waals surface area (Å²) >= 11 is 0. The average molecular weight is 467 g/mol. The number of hydrogen-bond acceptors (Lipinski definition) is 6. The number of nitro benzene ring substituents is 1. The number of para-hydroxylation sites is 1. The number of carbonyl (C=O) groups excluding carboxylic acids is 1. The van der Waals surface area contributed by atoms with Gasteiger partial charge in [0.15, 0.2) is 0 Å². The van der Waals surface area contributed by atoms with E-state index < -0.39 is 20.9 Å². The van der Waals surface area contributed by atoms with E-state index in [4.69, 9.17) is 0 Å². The molecule has 0 unspecified atom stereocenters. The van der Waals surface area contributed by atoms with Gasteiger partial charge in [0.2, 0.25) is 10.0 Å². The minimum Gasteiger partial charge on any atom is -0.350 e. The predicted molar refractivity (Wildman–Crippen MR) is 128 cm³/mol. The minimum atomic E-state index is -3.49. The molecule has 0 saturated carbocycles. The van der Waals surface area contributed by atoms with Crippen LogP contribution in [0.25, 0.3) is 0 Å². The molecule has 0 fully saturated rings. The Hall–Kier alpha value is -4.02. The molecule has 0 heterocycles. The predicted octanol–water partition coefficient (Wildman–Crippen LogP) is 4.20. The van der Waals surface area contributed by atoms with Crippen LogP contribution in [0.15, 0.2) is 85.5 Å². The number of benzene rings is 3. The lowest BCUT2D eigenvalue weighted by Gasteiger charge is -2.10. The highest BCUT2D eigenvalue weighted by molar-refractivity contribution is 7.88. The summed E-state index contributed by atoms with van der Waals surface area (Å²) in [5.74, 6) is -0.741. The maximum absolute atomic E-state index is 12.6. The molecular formula is C23H22N4O5S. The van der Waals surface area contributed by atoms with Gasteiger partial charge in [0.05, 0.1) is 10.7 Å². The number of anilines is 3. The number of rotatable bonds is 10. The molecule has 9 nitrogen and oxygen atoms in total. The molecule has 170 valence electrons. The van der Waals surface area contributed by atoms with E-state index in [1.165, 1.54) is 24.3 Å². The Bertz CT molecular complexity index is 1260. The van der Waals surface area contributed by atoms with Gasteiger partial charge in [0, 0.05) is 29.5 Å². The van der Waals surface area contributed by atoms with E-state index in [1.54, 1.807) is 48.5 Å². The van der Waals surface area contributed by atoms with Gasteiger partial charge in [-0.1, -0.05) is 36.4 Å². The summed E-state index contributed by atoms with van der Waals surface area (Å²) in [5, 5.41) is 17.2. The molecule has 0 radical (unpaired) electrons. The zero-order valence-corrected chi connectivity index (χ0v) is 18.3. The molecule has 0 aromatic heterocycles. The first-order valence-electron chi connectivity index (χ1n) is 9.86. The van der Waals surface area contributed by atoms with Crippen LogP contribution in [0.1, 0.15) is 15.9 Å². The lowest BCUT2D eigenvalue weighted by Crippen LogP contribution is -2.25. The van der Waals surface area contributed by atoms with Crippen molar-refractivity contribution < 1.29 is 18.1 Å².